The van der Waals surface area contributed by atoms with Crippen molar-refractivity contribution in [2.24, 2.45) is 0 Å². The molecule has 0 fully saturated rings. The van der Waals surface area contributed by atoms with Gasteiger partial charge in [-0.25, -0.2) is 8.42 Å². The Morgan fingerprint density at radius 1 is 1.21 bits per heavy atom. The molecule has 0 heterocycles. The summed E-state index contributed by atoms with van der Waals surface area (Å²) in [6.07, 6.45) is 0.405. The van der Waals surface area contributed by atoms with Crippen LogP contribution in [0.25, 0.3) is 0 Å². The van der Waals surface area contributed by atoms with Crippen molar-refractivity contribution in [1.82, 2.24) is 0 Å². The molecule has 0 unspecified atom stereocenters. The van der Waals surface area contributed by atoms with Crippen LogP contribution in [0.15, 0.2) is 24.3 Å². The van der Waals surface area contributed by atoms with Gasteiger partial charge in [-0.05, 0) is 38.5 Å². The van der Waals surface area contributed by atoms with Crippen LogP contribution in [-0.2, 0) is 21.1 Å². The molecule has 1 aromatic carbocycles. The van der Waals surface area contributed by atoms with E-state index in [1.54, 1.807) is 32.9 Å². The third-order valence-electron chi connectivity index (χ3n) is 2.73. The van der Waals surface area contributed by atoms with Crippen LogP contribution in [0.1, 0.15) is 26.3 Å². The molecule has 1 aromatic rings. The van der Waals surface area contributed by atoms with Gasteiger partial charge in [0, 0.05) is 6.42 Å². The number of hydrogen-bond acceptors (Lipinski definition) is 4. The van der Waals surface area contributed by atoms with Gasteiger partial charge < -0.3 is 4.74 Å². The summed E-state index contributed by atoms with van der Waals surface area (Å²) in [6.45, 7) is 5.01. The van der Waals surface area contributed by atoms with Crippen LogP contribution < -0.4 is 4.74 Å². The first-order valence-corrected chi connectivity index (χ1v) is 7.95. The van der Waals surface area contributed by atoms with E-state index in [2.05, 4.69) is 0 Å². The minimum Gasteiger partial charge on any atom is -0.493 e. The normalized spacial score (nSPS) is 11.6. The fourth-order valence-corrected chi connectivity index (χ4v) is 2.29. The quantitative estimate of drug-likeness (QED) is 0.768. The smallest absolute Gasteiger partial charge is 0.155 e. The Morgan fingerprint density at radius 3 is 2.26 bits per heavy atom. The molecule has 4 nitrogen and oxygen atoms in total. The van der Waals surface area contributed by atoms with Gasteiger partial charge in [0.15, 0.2) is 9.84 Å². The van der Waals surface area contributed by atoms with E-state index in [0.717, 1.165) is 5.56 Å². The Bertz CT molecular complexity index is 515. The van der Waals surface area contributed by atoms with E-state index < -0.39 is 9.84 Å². The highest BCUT2D eigenvalue weighted by Crippen LogP contribution is 2.13. The third kappa shape index (κ3) is 5.42. The van der Waals surface area contributed by atoms with Gasteiger partial charge in [-0.3, -0.25) is 4.79 Å². The third-order valence-corrected chi connectivity index (χ3v) is 4.90. The standard InChI is InChI=1S/C14H20O4S/c1-11(2)19(16,17)9-8-18-14-6-4-13(5-7-14)10-12(3)15/h4-7,11H,8-10H2,1-3H3. The van der Waals surface area contributed by atoms with Gasteiger partial charge in [-0.15, -0.1) is 0 Å². The molecule has 0 bridgehead atoms. The van der Waals surface area contributed by atoms with Crippen LogP contribution in [0.2, 0.25) is 0 Å². The first kappa shape index (κ1) is 15.7. The van der Waals surface area contributed by atoms with Crippen molar-refractivity contribution in [3.8, 4) is 5.75 Å². The van der Waals surface area contributed by atoms with Crippen LogP contribution in [0.4, 0.5) is 0 Å². The number of benzene rings is 1. The molecule has 0 aromatic heterocycles. The van der Waals surface area contributed by atoms with Gasteiger partial charge in [0.05, 0.1) is 11.0 Å². The Hall–Kier alpha value is -1.36. The number of carbonyl (C=O) groups excluding carboxylic acids is 1. The van der Waals surface area contributed by atoms with E-state index in [0.29, 0.717) is 12.2 Å². The van der Waals surface area contributed by atoms with Crippen molar-refractivity contribution in [2.45, 2.75) is 32.4 Å². The summed E-state index contributed by atoms with van der Waals surface area (Å²) in [4.78, 5) is 10.9. The highest BCUT2D eigenvalue weighted by molar-refractivity contribution is 7.91. The van der Waals surface area contributed by atoms with Crippen molar-refractivity contribution in [3.05, 3.63) is 29.8 Å². The van der Waals surface area contributed by atoms with E-state index in [9.17, 15) is 13.2 Å². The van der Waals surface area contributed by atoms with Gasteiger partial charge in [0.2, 0.25) is 0 Å². The summed E-state index contributed by atoms with van der Waals surface area (Å²) in [5.74, 6) is 0.739. The maximum Gasteiger partial charge on any atom is 0.155 e. The topological polar surface area (TPSA) is 60.4 Å². The van der Waals surface area contributed by atoms with Crippen molar-refractivity contribution < 1.29 is 17.9 Å². The summed E-state index contributed by atoms with van der Waals surface area (Å²) in [6, 6.07) is 7.13. The molecule has 1 rings (SSSR count). The van der Waals surface area contributed by atoms with Crippen molar-refractivity contribution in [2.75, 3.05) is 12.4 Å². The van der Waals surface area contributed by atoms with Gasteiger partial charge >= 0.3 is 0 Å². The predicted molar refractivity (Wildman–Crippen MR) is 75.2 cm³/mol. The minimum atomic E-state index is -3.06. The average Bonchev–Trinajstić information content (AvgIpc) is 2.30. The lowest BCUT2D eigenvalue weighted by molar-refractivity contribution is -0.116. The minimum absolute atomic E-state index is 0.0138. The molecule has 0 aliphatic heterocycles. The zero-order valence-electron chi connectivity index (χ0n) is 11.5. The Labute approximate surface area is 114 Å². The first-order chi connectivity index (χ1) is 8.81. The van der Waals surface area contributed by atoms with Crippen LogP contribution in [-0.4, -0.2) is 31.8 Å². The highest BCUT2D eigenvalue weighted by atomic mass is 32.2. The average molecular weight is 284 g/mol. The van der Waals surface area contributed by atoms with Crippen LogP contribution in [0, 0.1) is 0 Å². The lowest BCUT2D eigenvalue weighted by Crippen LogP contribution is -2.22. The second-order valence-corrected chi connectivity index (χ2v) is 7.46. The summed E-state index contributed by atoms with van der Waals surface area (Å²) >= 11 is 0. The predicted octanol–water partition coefficient (Wildman–Crippen LogP) is 2.02. The maximum atomic E-state index is 11.6. The molecule has 0 atom stereocenters. The van der Waals surface area contributed by atoms with Crippen LogP contribution in [0.5, 0.6) is 5.75 Å². The number of carbonyl (C=O) groups is 1. The molecule has 0 N–H and O–H groups in total. The molecule has 0 saturated carbocycles. The lowest BCUT2D eigenvalue weighted by Gasteiger charge is -2.09. The molecule has 0 spiro atoms. The van der Waals surface area contributed by atoms with Gasteiger partial charge in [-0.1, -0.05) is 12.1 Å². The molecule has 0 amide bonds. The van der Waals surface area contributed by atoms with E-state index in [1.807, 2.05) is 12.1 Å². The molecular formula is C14H20O4S. The maximum absolute atomic E-state index is 11.6. The summed E-state index contributed by atoms with van der Waals surface area (Å²) in [7, 11) is -3.06. The van der Waals surface area contributed by atoms with Crippen molar-refractivity contribution >= 4 is 15.6 Å². The summed E-state index contributed by atoms with van der Waals surface area (Å²) < 4.78 is 28.5. The zero-order valence-corrected chi connectivity index (χ0v) is 12.4. The molecule has 5 heteroatoms. The van der Waals surface area contributed by atoms with E-state index in [4.69, 9.17) is 4.74 Å². The lowest BCUT2D eigenvalue weighted by atomic mass is 10.1. The van der Waals surface area contributed by atoms with Gasteiger partial charge in [0.1, 0.15) is 18.1 Å². The molecular weight excluding hydrogens is 264 g/mol. The van der Waals surface area contributed by atoms with E-state index in [-0.39, 0.29) is 23.4 Å². The fourth-order valence-electron chi connectivity index (χ4n) is 1.50. The van der Waals surface area contributed by atoms with Crippen molar-refractivity contribution in [3.63, 3.8) is 0 Å². The summed E-state index contributed by atoms with van der Waals surface area (Å²) in [5.41, 5.74) is 0.926. The van der Waals surface area contributed by atoms with Crippen LogP contribution >= 0.6 is 0 Å². The Balaban J connectivity index is 2.49. The summed E-state index contributed by atoms with van der Waals surface area (Å²) in [5, 5.41) is -0.381. The van der Waals surface area contributed by atoms with Crippen molar-refractivity contribution in [1.29, 1.82) is 0 Å². The molecule has 0 aliphatic rings. The molecule has 0 aliphatic carbocycles. The number of ether oxygens (including phenoxy) is 1. The highest BCUT2D eigenvalue weighted by Gasteiger charge is 2.15. The molecule has 0 radical (unpaired) electrons. The van der Waals surface area contributed by atoms with Crippen LogP contribution in [0.3, 0.4) is 0 Å². The number of sulfone groups is 1. The SMILES string of the molecule is CC(=O)Cc1ccc(OCCS(=O)(=O)C(C)C)cc1. The number of rotatable bonds is 7. The number of ketones is 1. The first-order valence-electron chi connectivity index (χ1n) is 6.24. The molecule has 0 saturated heterocycles. The largest absolute Gasteiger partial charge is 0.493 e. The zero-order chi connectivity index (χ0) is 14.5. The monoisotopic (exact) mass is 284 g/mol. The Morgan fingerprint density at radius 2 is 1.79 bits per heavy atom. The Kier molecular flexibility index (Phi) is 5.54. The second-order valence-electron chi connectivity index (χ2n) is 4.79. The number of Topliss-reactive ketones (excluding diaryl/α,β-unsaturated/α-hetero) is 1. The van der Waals surface area contributed by atoms with Gasteiger partial charge in [0.25, 0.3) is 0 Å². The molecule has 106 valence electrons. The van der Waals surface area contributed by atoms with E-state index in [1.165, 1.54) is 0 Å². The molecule has 19 heavy (non-hydrogen) atoms. The number of hydrogen-bond donors (Lipinski definition) is 0. The second kappa shape index (κ2) is 6.70. The van der Waals surface area contributed by atoms with E-state index >= 15 is 0 Å². The van der Waals surface area contributed by atoms with Gasteiger partial charge in [-0.2, -0.15) is 0 Å². The fraction of sp³-hybridized carbons (Fsp3) is 0.500.